The Labute approximate surface area is 74.4 Å². The number of hydrogen-bond acceptors (Lipinski definition) is 1. The predicted octanol–water partition coefficient (Wildman–Crippen LogP) is 3.09. The van der Waals surface area contributed by atoms with Crippen LogP contribution in [0, 0.1) is 6.92 Å². The molecule has 12 heavy (non-hydrogen) atoms. The maximum Gasteiger partial charge on any atom is 0.106 e. The molecule has 1 atom stereocenters. The van der Waals surface area contributed by atoms with Crippen molar-refractivity contribution in [3.05, 3.63) is 35.4 Å². The maximum absolute atomic E-state index is 5.13. The smallest absolute Gasteiger partial charge is 0.106 e. The normalized spacial score (nSPS) is 19.4. The molecule has 1 aliphatic heterocycles. The number of aryl methyl sites for hydroxylation is 1. The van der Waals surface area contributed by atoms with Crippen LogP contribution in [0.2, 0.25) is 0 Å². The third-order valence-corrected chi connectivity index (χ3v) is 1.78. The van der Waals surface area contributed by atoms with Crippen LogP contribution in [0.25, 0.3) is 0 Å². The van der Waals surface area contributed by atoms with Crippen LogP contribution in [0.5, 0.6) is 0 Å². The van der Waals surface area contributed by atoms with Crippen LogP contribution < -0.4 is 0 Å². The molecule has 0 amide bonds. The van der Waals surface area contributed by atoms with Gasteiger partial charge in [0, 0.05) is 0 Å². The van der Waals surface area contributed by atoms with E-state index in [1.807, 2.05) is 13.8 Å². The standard InChI is InChI=1S/C9H10O.C2H6/c1-7-2-4-8(5-3-7)9-6-10-9;1-2/h2-5,9H,6H2,1H3;1-2H3. The van der Waals surface area contributed by atoms with Gasteiger partial charge in [-0.25, -0.2) is 0 Å². The van der Waals surface area contributed by atoms with Gasteiger partial charge in [-0.1, -0.05) is 43.7 Å². The van der Waals surface area contributed by atoms with E-state index in [2.05, 4.69) is 31.2 Å². The van der Waals surface area contributed by atoms with Crippen molar-refractivity contribution in [1.29, 1.82) is 0 Å². The first-order valence-corrected chi connectivity index (χ1v) is 4.54. The van der Waals surface area contributed by atoms with E-state index in [1.54, 1.807) is 0 Å². The first-order chi connectivity index (χ1) is 5.86. The Morgan fingerprint density at radius 3 is 2.08 bits per heavy atom. The van der Waals surface area contributed by atoms with E-state index in [-0.39, 0.29) is 0 Å². The second-order valence-corrected chi connectivity index (χ2v) is 2.73. The molecule has 1 heterocycles. The second kappa shape index (κ2) is 4.27. The monoisotopic (exact) mass is 164 g/mol. The van der Waals surface area contributed by atoms with E-state index in [0.717, 1.165) is 6.61 Å². The topological polar surface area (TPSA) is 12.5 Å². The summed E-state index contributed by atoms with van der Waals surface area (Å²) < 4.78 is 5.13. The van der Waals surface area contributed by atoms with Gasteiger partial charge in [0.25, 0.3) is 0 Å². The minimum Gasteiger partial charge on any atom is -0.368 e. The van der Waals surface area contributed by atoms with Crippen LogP contribution in [-0.4, -0.2) is 6.61 Å². The lowest BCUT2D eigenvalue weighted by Crippen LogP contribution is -1.79. The summed E-state index contributed by atoms with van der Waals surface area (Å²) in [5, 5.41) is 0. The Morgan fingerprint density at radius 1 is 1.17 bits per heavy atom. The Balaban J connectivity index is 0.000000336. The Morgan fingerprint density at radius 2 is 1.67 bits per heavy atom. The molecule has 2 rings (SSSR count). The lowest BCUT2D eigenvalue weighted by atomic mass is 10.1. The zero-order valence-corrected chi connectivity index (χ0v) is 8.00. The minimum absolute atomic E-state index is 0.403. The van der Waals surface area contributed by atoms with E-state index in [9.17, 15) is 0 Å². The van der Waals surface area contributed by atoms with Gasteiger partial charge in [0.2, 0.25) is 0 Å². The van der Waals surface area contributed by atoms with Crippen molar-refractivity contribution >= 4 is 0 Å². The molecular formula is C11H16O. The van der Waals surface area contributed by atoms with Crippen LogP contribution in [-0.2, 0) is 4.74 Å². The van der Waals surface area contributed by atoms with Gasteiger partial charge in [0.1, 0.15) is 6.10 Å². The number of rotatable bonds is 1. The molecule has 1 aliphatic rings. The number of hydrogen-bond donors (Lipinski definition) is 0. The average Bonchev–Trinajstić information content (AvgIpc) is 2.93. The molecule has 1 unspecified atom stereocenters. The van der Waals surface area contributed by atoms with E-state index in [4.69, 9.17) is 4.74 Å². The number of epoxide rings is 1. The van der Waals surface area contributed by atoms with Gasteiger partial charge in [-0.05, 0) is 12.5 Å². The summed E-state index contributed by atoms with van der Waals surface area (Å²) in [6.07, 6.45) is 0.403. The van der Waals surface area contributed by atoms with Gasteiger partial charge in [-0.2, -0.15) is 0 Å². The summed E-state index contributed by atoms with van der Waals surface area (Å²) in [6, 6.07) is 8.51. The van der Waals surface area contributed by atoms with Gasteiger partial charge in [0.15, 0.2) is 0 Å². The van der Waals surface area contributed by atoms with Crippen LogP contribution in [0.4, 0.5) is 0 Å². The van der Waals surface area contributed by atoms with Gasteiger partial charge in [-0.3, -0.25) is 0 Å². The summed E-state index contributed by atoms with van der Waals surface area (Å²) >= 11 is 0. The molecule has 0 aliphatic carbocycles. The molecule has 0 N–H and O–H groups in total. The molecule has 0 bridgehead atoms. The highest BCUT2D eigenvalue weighted by atomic mass is 16.6. The van der Waals surface area contributed by atoms with Crippen molar-refractivity contribution in [2.24, 2.45) is 0 Å². The molecule has 1 aromatic rings. The predicted molar refractivity (Wildman–Crippen MR) is 51.2 cm³/mol. The molecule has 0 saturated carbocycles. The van der Waals surface area contributed by atoms with Gasteiger partial charge in [-0.15, -0.1) is 0 Å². The average molecular weight is 164 g/mol. The minimum atomic E-state index is 0.403. The summed E-state index contributed by atoms with van der Waals surface area (Å²) in [5.74, 6) is 0. The lowest BCUT2D eigenvalue weighted by molar-refractivity contribution is 0.415. The lowest BCUT2D eigenvalue weighted by Gasteiger charge is -1.94. The van der Waals surface area contributed by atoms with Crippen LogP contribution >= 0.6 is 0 Å². The highest BCUT2D eigenvalue weighted by Gasteiger charge is 2.23. The van der Waals surface area contributed by atoms with E-state index in [1.165, 1.54) is 11.1 Å². The zero-order chi connectivity index (χ0) is 8.97. The van der Waals surface area contributed by atoms with Crippen molar-refractivity contribution < 1.29 is 4.74 Å². The molecular weight excluding hydrogens is 148 g/mol. The summed E-state index contributed by atoms with van der Waals surface area (Å²) in [7, 11) is 0. The highest BCUT2D eigenvalue weighted by molar-refractivity contribution is 5.24. The maximum atomic E-state index is 5.13. The first-order valence-electron chi connectivity index (χ1n) is 4.54. The van der Waals surface area contributed by atoms with Crippen molar-refractivity contribution in [1.82, 2.24) is 0 Å². The van der Waals surface area contributed by atoms with Crippen LogP contribution in [0.15, 0.2) is 24.3 Å². The quantitative estimate of drug-likeness (QED) is 0.581. The van der Waals surface area contributed by atoms with E-state index in [0.29, 0.717) is 6.10 Å². The molecule has 0 spiro atoms. The fraction of sp³-hybridized carbons (Fsp3) is 0.455. The molecule has 0 radical (unpaired) electrons. The largest absolute Gasteiger partial charge is 0.368 e. The van der Waals surface area contributed by atoms with Crippen molar-refractivity contribution in [3.63, 3.8) is 0 Å². The Kier molecular flexibility index (Phi) is 3.30. The molecule has 1 saturated heterocycles. The molecule has 1 fully saturated rings. The van der Waals surface area contributed by atoms with Crippen molar-refractivity contribution in [2.45, 2.75) is 26.9 Å². The fourth-order valence-corrected chi connectivity index (χ4v) is 1.02. The molecule has 1 nitrogen and oxygen atoms in total. The zero-order valence-electron chi connectivity index (χ0n) is 8.00. The third-order valence-electron chi connectivity index (χ3n) is 1.78. The molecule has 0 aromatic heterocycles. The van der Waals surface area contributed by atoms with Gasteiger partial charge < -0.3 is 4.74 Å². The number of benzene rings is 1. The summed E-state index contributed by atoms with van der Waals surface area (Å²) in [4.78, 5) is 0. The highest BCUT2D eigenvalue weighted by Crippen LogP contribution is 2.29. The Hall–Kier alpha value is -0.820. The van der Waals surface area contributed by atoms with E-state index < -0.39 is 0 Å². The molecule has 1 heteroatoms. The van der Waals surface area contributed by atoms with Crippen LogP contribution in [0.3, 0.4) is 0 Å². The second-order valence-electron chi connectivity index (χ2n) is 2.73. The molecule has 66 valence electrons. The van der Waals surface area contributed by atoms with Gasteiger partial charge >= 0.3 is 0 Å². The van der Waals surface area contributed by atoms with Crippen LogP contribution in [0.1, 0.15) is 31.1 Å². The third kappa shape index (κ3) is 2.35. The van der Waals surface area contributed by atoms with E-state index >= 15 is 0 Å². The Bertz CT molecular complexity index is 221. The van der Waals surface area contributed by atoms with Gasteiger partial charge in [0.05, 0.1) is 6.61 Å². The SMILES string of the molecule is CC.Cc1ccc(C2CO2)cc1. The summed E-state index contributed by atoms with van der Waals surface area (Å²) in [6.45, 7) is 7.00. The summed E-state index contributed by atoms with van der Waals surface area (Å²) in [5.41, 5.74) is 2.62. The van der Waals surface area contributed by atoms with Crippen molar-refractivity contribution in [3.8, 4) is 0 Å². The number of ether oxygens (including phenoxy) is 1. The van der Waals surface area contributed by atoms with Crippen molar-refractivity contribution in [2.75, 3.05) is 6.61 Å². The molecule has 1 aromatic carbocycles. The fourth-order valence-electron chi connectivity index (χ4n) is 1.02. The first kappa shape index (κ1) is 9.27.